The minimum Gasteiger partial charge on any atom is -0.348 e. The van der Waals surface area contributed by atoms with Gasteiger partial charge in [-0.05, 0) is 44.5 Å². The number of aryl methyl sites for hydroxylation is 3. The third-order valence-corrected chi connectivity index (χ3v) is 4.73. The fourth-order valence-corrected chi connectivity index (χ4v) is 3.44. The normalized spacial score (nSPS) is 11.1. The third-order valence-electron chi connectivity index (χ3n) is 4.73. The van der Waals surface area contributed by atoms with Gasteiger partial charge in [-0.3, -0.25) is 4.79 Å². The fourth-order valence-electron chi connectivity index (χ4n) is 3.44. The Bertz CT molecular complexity index is 1140. The first-order valence-corrected chi connectivity index (χ1v) is 9.29. The number of benzene rings is 1. The first-order chi connectivity index (χ1) is 13.6. The van der Waals surface area contributed by atoms with Gasteiger partial charge in [0.2, 0.25) is 0 Å². The molecule has 4 aromatic rings. The zero-order valence-electron chi connectivity index (χ0n) is 16.2. The van der Waals surface area contributed by atoms with Crippen LogP contribution in [0.2, 0.25) is 0 Å². The molecule has 1 amide bonds. The zero-order valence-corrected chi connectivity index (χ0v) is 16.2. The highest BCUT2D eigenvalue weighted by Gasteiger charge is 2.18. The van der Waals surface area contributed by atoms with Crippen molar-refractivity contribution in [1.82, 2.24) is 29.9 Å². The molecule has 4 rings (SSSR count). The van der Waals surface area contributed by atoms with Crippen LogP contribution in [0.15, 0.2) is 48.8 Å². The molecule has 1 N–H and O–H groups in total. The van der Waals surface area contributed by atoms with Gasteiger partial charge in [-0.25, -0.2) is 14.3 Å². The summed E-state index contributed by atoms with van der Waals surface area (Å²) < 4.78 is 3.63. The first kappa shape index (κ1) is 17.9. The van der Waals surface area contributed by atoms with Crippen LogP contribution in [0.4, 0.5) is 0 Å². The average molecular weight is 374 g/mol. The number of nitrogens with zero attached hydrogens (tertiary/aromatic N) is 5. The molecule has 28 heavy (non-hydrogen) atoms. The summed E-state index contributed by atoms with van der Waals surface area (Å²) in [6.07, 6.45) is 3.62. The van der Waals surface area contributed by atoms with Crippen molar-refractivity contribution in [1.29, 1.82) is 0 Å². The largest absolute Gasteiger partial charge is 0.348 e. The Kier molecular flexibility index (Phi) is 4.65. The molecule has 3 heterocycles. The van der Waals surface area contributed by atoms with Crippen LogP contribution in [0.1, 0.15) is 34.2 Å². The van der Waals surface area contributed by atoms with Crippen LogP contribution in [0.3, 0.4) is 0 Å². The number of fused-ring (bicyclic) bond motifs is 1. The number of hydrogen-bond donors (Lipinski definition) is 1. The first-order valence-electron chi connectivity index (χ1n) is 9.29. The minimum absolute atomic E-state index is 0.135. The second-order valence-corrected chi connectivity index (χ2v) is 6.67. The Morgan fingerprint density at radius 2 is 2.00 bits per heavy atom. The van der Waals surface area contributed by atoms with Crippen LogP contribution in [0.25, 0.3) is 16.7 Å². The molecule has 0 spiro atoms. The molecular weight excluding hydrogens is 352 g/mol. The molecule has 142 valence electrons. The van der Waals surface area contributed by atoms with Crippen LogP contribution < -0.4 is 5.32 Å². The van der Waals surface area contributed by atoms with E-state index in [4.69, 9.17) is 0 Å². The topological polar surface area (TPSA) is 77.6 Å². The van der Waals surface area contributed by atoms with Gasteiger partial charge in [-0.2, -0.15) is 10.2 Å². The molecule has 0 unspecified atom stereocenters. The maximum absolute atomic E-state index is 13.0. The Hall–Kier alpha value is -3.48. The lowest BCUT2D eigenvalue weighted by atomic mass is 10.1. The number of carbonyl (C=O) groups excluding carboxylic acids is 1. The number of nitrogens with one attached hydrogen (secondary N) is 1. The van der Waals surface area contributed by atoms with Crippen molar-refractivity contribution in [3.63, 3.8) is 0 Å². The highest BCUT2D eigenvalue weighted by atomic mass is 16.1. The van der Waals surface area contributed by atoms with E-state index >= 15 is 0 Å². The zero-order chi connectivity index (χ0) is 19.7. The van der Waals surface area contributed by atoms with Gasteiger partial charge < -0.3 is 5.32 Å². The van der Waals surface area contributed by atoms with Crippen molar-refractivity contribution in [3.05, 3.63) is 71.3 Å². The molecule has 0 radical (unpaired) electrons. The Balaban J connectivity index is 1.65. The Morgan fingerprint density at radius 3 is 2.75 bits per heavy atom. The second-order valence-electron chi connectivity index (χ2n) is 6.67. The molecule has 1 aromatic carbocycles. The van der Waals surface area contributed by atoms with Gasteiger partial charge in [0, 0.05) is 31.2 Å². The van der Waals surface area contributed by atoms with Gasteiger partial charge in [0.25, 0.3) is 5.91 Å². The van der Waals surface area contributed by atoms with E-state index < -0.39 is 0 Å². The molecule has 7 nitrogen and oxygen atoms in total. The number of amides is 1. The second kappa shape index (κ2) is 7.26. The van der Waals surface area contributed by atoms with E-state index in [0.29, 0.717) is 18.7 Å². The molecule has 0 fully saturated rings. The van der Waals surface area contributed by atoms with Crippen molar-refractivity contribution < 1.29 is 4.79 Å². The van der Waals surface area contributed by atoms with E-state index in [1.165, 1.54) is 0 Å². The van der Waals surface area contributed by atoms with Crippen molar-refractivity contribution in [2.75, 3.05) is 0 Å². The molecular formula is C21H22N6O. The van der Waals surface area contributed by atoms with Crippen molar-refractivity contribution in [3.8, 4) is 5.69 Å². The summed E-state index contributed by atoms with van der Waals surface area (Å²) in [6.45, 7) is 6.93. The third kappa shape index (κ3) is 3.15. The van der Waals surface area contributed by atoms with Crippen LogP contribution in [-0.4, -0.2) is 30.5 Å². The molecule has 0 atom stereocenters. The average Bonchev–Trinajstić information content (AvgIpc) is 3.34. The highest BCUT2D eigenvalue weighted by Crippen LogP contribution is 2.22. The number of rotatable bonds is 5. The van der Waals surface area contributed by atoms with Gasteiger partial charge in [-0.15, -0.1) is 0 Å². The predicted octanol–water partition coefficient (Wildman–Crippen LogP) is 3.18. The fraction of sp³-hybridized carbons (Fsp3) is 0.238. The van der Waals surface area contributed by atoms with Gasteiger partial charge in [0.1, 0.15) is 0 Å². The number of pyridine rings is 1. The smallest absolute Gasteiger partial charge is 0.252 e. The molecule has 3 aromatic heterocycles. The Morgan fingerprint density at radius 1 is 1.18 bits per heavy atom. The maximum atomic E-state index is 13.0. The van der Waals surface area contributed by atoms with Gasteiger partial charge in [0.05, 0.1) is 22.3 Å². The summed E-state index contributed by atoms with van der Waals surface area (Å²) in [4.78, 5) is 17.6. The molecule has 0 aliphatic heterocycles. The van der Waals surface area contributed by atoms with E-state index in [1.807, 2.05) is 68.0 Å². The maximum Gasteiger partial charge on any atom is 0.252 e. The van der Waals surface area contributed by atoms with Crippen LogP contribution in [0, 0.1) is 13.8 Å². The van der Waals surface area contributed by atoms with Crippen LogP contribution >= 0.6 is 0 Å². The highest BCUT2D eigenvalue weighted by molar-refractivity contribution is 6.06. The number of para-hydroxylation sites is 1. The van der Waals surface area contributed by atoms with E-state index in [0.717, 1.165) is 33.7 Å². The lowest BCUT2D eigenvalue weighted by Gasteiger charge is -2.12. The van der Waals surface area contributed by atoms with Gasteiger partial charge in [-0.1, -0.05) is 18.2 Å². The monoisotopic (exact) mass is 374 g/mol. The van der Waals surface area contributed by atoms with E-state index in [1.54, 1.807) is 10.9 Å². The van der Waals surface area contributed by atoms with E-state index in [9.17, 15) is 4.79 Å². The summed E-state index contributed by atoms with van der Waals surface area (Å²) >= 11 is 0. The molecule has 7 heteroatoms. The number of aromatic nitrogens is 5. The lowest BCUT2D eigenvalue weighted by molar-refractivity contribution is 0.0952. The molecule has 0 bridgehead atoms. The van der Waals surface area contributed by atoms with Crippen molar-refractivity contribution in [2.45, 2.75) is 33.9 Å². The summed E-state index contributed by atoms with van der Waals surface area (Å²) in [5.41, 5.74) is 4.90. The van der Waals surface area contributed by atoms with Crippen molar-refractivity contribution in [2.24, 2.45) is 0 Å². The SMILES string of the molecule is CCn1nc(C)c2c(C(=O)NCc3ccccc3-n3cccn3)cc(C)nc21. The van der Waals surface area contributed by atoms with E-state index in [-0.39, 0.29) is 5.91 Å². The van der Waals surface area contributed by atoms with Gasteiger partial charge >= 0.3 is 0 Å². The standard InChI is InChI=1S/C21H22N6O/c1-4-26-20-19(15(3)25-26)17(12-14(2)24-20)21(28)22-13-16-8-5-6-9-18(16)27-11-7-10-23-27/h5-12H,4,13H2,1-3H3,(H,22,28). The minimum atomic E-state index is -0.135. The number of hydrogen-bond acceptors (Lipinski definition) is 4. The van der Waals surface area contributed by atoms with Gasteiger partial charge in [0.15, 0.2) is 5.65 Å². The van der Waals surface area contributed by atoms with E-state index in [2.05, 4.69) is 20.5 Å². The number of carbonyl (C=O) groups is 1. The summed E-state index contributed by atoms with van der Waals surface area (Å²) in [6, 6.07) is 11.6. The lowest BCUT2D eigenvalue weighted by Crippen LogP contribution is -2.24. The summed E-state index contributed by atoms with van der Waals surface area (Å²) in [5.74, 6) is -0.135. The predicted molar refractivity (Wildman–Crippen MR) is 107 cm³/mol. The summed E-state index contributed by atoms with van der Waals surface area (Å²) in [5, 5.41) is 12.7. The molecule has 0 aliphatic rings. The molecule has 0 saturated heterocycles. The Labute approximate surface area is 163 Å². The quantitative estimate of drug-likeness (QED) is 0.582. The van der Waals surface area contributed by atoms with Crippen LogP contribution in [-0.2, 0) is 13.1 Å². The molecule has 0 saturated carbocycles. The van der Waals surface area contributed by atoms with Crippen molar-refractivity contribution >= 4 is 16.9 Å². The summed E-state index contributed by atoms with van der Waals surface area (Å²) in [7, 11) is 0. The molecule has 0 aliphatic carbocycles. The van der Waals surface area contributed by atoms with Crippen LogP contribution in [0.5, 0.6) is 0 Å².